The van der Waals surface area contributed by atoms with E-state index in [1.165, 1.54) is 12.0 Å². The molecule has 1 unspecified atom stereocenters. The van der Waals surface area contributed by atoms with Gasteiger partial charge in [0.15, 0.2) is 0 Å². The normalized spacial score (nSPS) is 25.1. The summed E-state index contributed by atoms with van der Waals surface area (Å²) < 4.78 is 0. The number of halogens is 1. The number of hydrogen-bond donors (Lipinski definition) is 1. The van der Waals surface area contributed by atoms with Crippen molar-refractivity contribution in [3.8, 4) is 0 Å². The Morgan fingerprint density at radius 3 is 2.53 bits per heavy atom. The Hall–Kier alpha value is -0.530. The second kappa shape index (κ2) is 4.15. The fourth-order valence-electron chi connectivity index (χ4n) is 2.37. The van der Waals surface area contributed by atoms with Crippen molar-refractivity contribution in [2.45, 2.75) is 26.2 Å². The predicted molar refractivity (Wildman–Crippen MR) is 65.5 cm³/mol. The molecule has 1 fully saturated rings. The molecule has 0 amide bonds. The SMILES string of the molecule is CC1(C)CCNCC1c1ccc(Cl)cc1. The molecule has 1 heterocycles. The molecule has 1 atom stereocenters. The van der Waals surface area contributed by atoms with Crippen LogP contribution in [-0.4, -0.2) is 13.1 Å². The molecule has 2 heteroatoms. The van der Waals surface area contributed by atoms with Crippen LogP contribution in [0.3, 0.4) is 0 Å². The van der Waals surface area contributed by atoms with E-state index in [9.17, 15) is 0 Å². The van der Waals surface area contributed by atoms with Gasteiger partial charge in [0.05, 0.1) is 0 Å². The molecule has 82 valence electrons. The van der Waals surface area contributed by atoms with Gasteiger partial charge in [-0.3, -0.25) is 0 Å². The lowest BCUT2D eigenvalue weighted by Gasteiger charge is -2.39. The summed E-state index contributed by atoms with van der Waals surface area (Å²) in [6, 6.07) is 8.28. The molecule has 1 nitrogen and oxygen atoms in total. The average molecular weight is 224 g/mol. The first-order valence-corrected chi connectivity index (χ1v) is 5.93. The van der Waals surface area contributed by atoms with Crippen LogP contribution in [0.2, 0.25) is 5.02 Å². The maximum atomic E-state index is 5.91. The predicted octanol–water partition coefficient (Wildman–Crippen LogP) is 3.44. The molecule has 2 rings (SSSR count). The lowest BCUT2D eigenvalue weighted by Crippen LogP contribution is -2.40. The van der Waals surface area contributed by atoms with Crippen LogP contribution >= 0.6 is 11.6 Å². The molecule has 0 bridgehead atoms. The molecule has 0 saturated carbocycles. The van der Waals surface area contributed by atoms with Gasteiger partial charge < -0.3 is 5.32 Å². The summed E-state index contributed by atoms with van der Waals surface area (Å²) in [6.07, 6.45) is 1.24. The monoisotopic (exact) mass is 223 g/mol. The minimum atomic E-state index is 0.388. The van der Waals surface area contributed by atoms with Crippen molar-refractivity contribution in [1.29, 1.82) is 0 Å². The maximum Gasteiger partial charge on any atom is 0.0406 e. The topological polar surface area (TPSA) is 12.0 Å². The molecule has 0 aromatic heterocycles. The molecule has 15 heavy (non-hydrogen) atoms. The smallest absolute Gasteiger partial charge is 0.0406 e. The molecular weight excluding hydrogens is 206 g/mol. The average Bonchev–Trinajstić information content (AvgIpc) is 2.19. The van der Waals surface area contributed by atoms with Crippen molar-refractivity contribution >= 4 is 11.6 Å². The second-order valence-corrected chi connectivity index (χ2v) is 5.48. The van der Waals surface area contributed by atoms with Gasteiger partial charge in [0.25, 0.3) is 0 Å². The molecular formula is C13H18ClN. The summed E-state index contributed by atoms with van der Waals surface area (Å²) >= 11 is 5.91. The van der Waals surface area contributed by atoms with Gasteiger partial charge in [-0.15, -0.1) is 0 Å². The molecule has 1 aromatic carbocycles. The molecule has 1 aromatic rings. The van der Waals surface area contributed by atoms with E-state index in [-0.39, 0.29) is 0 Å². The Morgan fingerprint density at radius 2 is 1.93 bits per heavy atom. The Kier molecular flexibility index (Phi) is 3.03. The van der Waals surface area contributed by atoms with Gasteiger partial charge in [0, 0.05) is 17.5 Å². The van der Waals surface area contributed by atoms with Gasteiger partial charge in [-0.1, -0.05) is 37.6 Å². The number of rotatable bonds is 1. The van der Waals surface area contributed by atoms with Crippen molar-refractivity contribution in [3.05, 3.63) is 34.9 Å². The highest BCUT2D eigenvalue weighted by Gasteiger charge is 2.32. The number of benzene rings is 1. The van der Waals surface area contributed by atoms with Crippen LogP contribution < -0.4 is 5.32 Å². The van der Waals surface area contributed by atoms with Crippen LogP contribution in [0, 0.1) is 5.41 Å². The van der Waals surface area contributed by atoms with Crippen LogP contribution in [0.25, 0.3) is 0 Å². The fourth-order valence-corrected chi connectivity index (χ4v) is 2.50. The molecule has 0 aliphatic carbocycles. The van der Waals surface area contributed by atoms with Crippen molar-refractivity contribution in [3.63, 3.8) is 0 Å². The zero-order valence-corrected chi connectivity index (χ0v) is 10.1. The fraction of sp³-hybridized carbons (Fsp3) is 0.538. The van der Waals surface area contributed by atoms with E-state index in [0.29, 0.717) is 11.3 Å². The first-order chi connectivity index (χ1) is 7.09. The third-order valence-corrected chi connectivity index (χ3v) is 3.76. The van der Waals surface area contributed by atoms with Gasteiger partial charge in [-0.2, -0.15) is 0 Å². The summed E-state index contributed by atoms with van der Waals surface area (Å²) in [5, 5.41) is 4.29. The van der Waals surface area contributed by atoms with Crippen LogP contribution in [0.15, 0.2) is 24.3 Å². The zero-order valence-electron chi connectivity index (χ0n) is 9.39. The van der Waals surface area contributed by atoms with Gasteiger partial charge in [-0.05, 0) is 36.1 Å². The molecule has 1 N–H and O–H groups in total. The van der Waals surface area contributed by atoms with E-state index >= 15 is 0 Å². The lowest BCUT2D eigenvalue weighted by molar-refractivity contribution is 0.214. The summed E-state index contributed by atoms with van der Waals surface area (Å²) in [6.45, 7) is 6.92. The Bertz CT molecular complexity index is 329. The third kappa shape index (κ3) is 2.35. The zero-order chi connectivity index (χ0) is 10.9. The summed E-state index contributed by atoms with van der Waals surface area (Å²) in [5.41, 5.74) is 1.79. The molecule has 1 aliphatic heterocycles. The van der Waals surface area contributed by atoms with E-state index < -0.39 is 0 Å². The highest BCUT2D eigenvalue weighted by Crippen LogP contribution is 2.39. The number of piperidine rings is 1. The number of nitrogens with one attached hydrogen (secondary N) is 1. The first-order valence-electron chi connectivity index (χ1n) is 5.56. The minimum absolute atomic E-state index is 0.388. The van der Waals surface area contributed by atoms with Crippen molar-refractivity contribution in [1.82, 2.24) is 5.32 Å². The number of hydrogen-bond acceptors (Lipinski definition) is 1. The molecule has 1 saturated heterocycles. The highest BCUT2D eigenvalue weighted by atomic mass is 35.5. The van der Waals surface area contributed by atoms with Crippen LogP contribution in [0.5, 0.6) is 0 Å². The first kappa shape index (κ1) is 11.0. The van der Waals surface area contributed by atoms with Crippen molar-refractivity contribution in [2.75, 3.05) is 13.1 Å². The van der Waals surface area contributed by atoms with E-state index in [0.717, 1.165) is 18.1 Å². The highest BCUT2D eigenvalue weighted by molar-refractivity contribution is 6.30. The van der Waals surface area contributed by atoms with E-state index in [4.69, 9.17) is 11.6 Å². The Balaban J connectivity index is 2.25. The Morgan fingerprint density at radius 1 is 1.27 bits per heavy atom. The molecule has 0 radical (unpaired) electrons. The molecule has 0 spiro atoms. The van der Waals surface area contributed by atoms with Gasteiger partial charge >= 0.3 is 0 Å². The van der Waals surface area contributed by atoms with Gasteiger partial charge in [0.2, 0.25) is 0 Å². The lowest BCUT2D eigenvalue weighted by atomic mass is 9.71. The largest absolute Gasteiger partial charge is 0.316 e. The standard InChI is InChI=1S/C13H18ClN/c1-13(2)7-8-15-9-12(13)10-3-5-11(14)6-4-10/h3-6,12,15H,7-9H2,1-2H3. The quantitative estimate of drug-likeness (QED) is 0.769. The van der Waals surface area contributed by atoms with Crippen molar-refractivity contribution in [2.24, 2.45) is 5.41 Å². The minimum Gasteiger partial charge on any atom is -0.316 e. The summed E-state index contributed by atoms with van der Waals surface area (Å²) in [4.78, 5) is 0. The van der Waals surface area contributed by atoms with E-state index in [2.05, 4.69) is 31.3 Å². The summed E-state index contributed by atoms with van der Waals surface area (Å²) in [7, 11) is 0. The van der Waals surface area contributed by atoms with Gasteiger partial charge in [-0.25, -0.2) is 0 Å². The summed E-state index contributed by atoms with van der Waals surface area (Å²) in [5.74, 6) is 0.600. The van der Waals surface area contributed by atoms with Crippen LogP contribution in [0.4, 0.5) is 0 Å². The van der Waals surface area contributed by atoms with E-state index in [1.807, 2.05) is 12.1 Å². The third-order valence-electron chi connectivity index (χ3n) is 3.51. The van der Waals surface area contributed by atoms with Crippen LogP contribution in [-0.2, 0) is 0 Å². The Labute approximate surface area is 96.8 Å². The van der Waals surface area contributed by atoms with E-state index in [1.54, 1.807) is 0 Å². The second-order valence-electron chi connectivity index (χ2n) is 5.05. The van der Waals surface area contributed by atoms with Crippen LogP contribution in [0.1, 0.15) is 31.7 Å². The van der Waals surface area contributed by atoms with Gasteiger partial charge in [0.1, 0.15) is 0 Å². The van der Waals surface area contributed by atoms with Crippen molar-refractivity contribution < 1.29 is 0 Å². The molecule has 1 aliphatic rings. The maximum absolute atomic E-state index is 5.91.